The molecule has 0 radical (unpaired) electrons. The van der Waals surface area contributed by atoms with E-state index in [9.17, 15) is 9.59 Å². The Morgan fingerprint density at radius 2 is 0.673 bits per heavy atom. The first-order valence-electron chi connectivity index (χ1n) is 21.4. The predicted octanol–water partition coefficient (Wildman–Crippen LogP) is 15.9. The lowest BCUT2D eigenvalue weighted by molar-refractivity contribution is -0.157. The van der Waals surface area contributed by atoms with E-state index in [2.05, 4.69) is 133 Å². The molecule has 0 aromatic rings. The second-order valence-electron chi connectivity index (χ2n) is 18.7. The van der Waals surface area contributed by atoms with Gasteiger partial charge in [-0.1, -0.05) is 97.6 Å². The average molecular weight is 783 g/mol. The van der Waals surface area contributed by atoms with Crippen LogP contribution in [0.2, 0.25) is 0 Å². The number of allylic oxidation sites excluding steroid dienone is 12. The fourth-order valence-electron chi connectivity index (χ4n) is 7.05. The van der Waals surface area contributed by atoms with Crippen molar-refractivity contribution in [1.29, 1.82) is 0 Å². The number of ether oxygens (including phenoxy) is 2. The topological polar surface area (TPSA) is 52.6 Å². The van der Waals surface area contributed by atoms with Gasteiger partial charge in [0.2, 0.25) is 0 Å². The molecule has 0 aliphatic rings. The van der Waals surface area contributed by atoms with E-state index in [-0.39, 0.29) is 21.4 Å². The Labute approximate surface area is 345 Å². The molecule has 0 saturated carbocycles. The van der Waals surface area contributed by atoms with Crippen molar-refractivity contribution in [2.45, 2.75) is 234 Å². The highest BCUT2D eigenvalue weighted by Gasteiger charge is 2.36. The SMILES string of the molecule is CC(=O)O[C@](C)(CCC=C(C)CCC=C(C)CCC=C(C)C)CCC(C)(C)SC(C)(C)CC[C@@](C)(CCC=C(C)CCC=C(C)CCC=C(C)C)OC(C)=O. The molecule has 0 aromatic heterocycles. The minimum atomic E-state index is -0.508. The van der Waals surface area contributed by atoms with Crippen molar-refractivity contribution in [3.63, 3.8) is 0 Å². The van der Waals surface area contributed by atoms with E-state index in [0.717, 1.165) is 103 Å². The van der Waals surface area contributed by atoms with Crippen molar-refractivity contribution < 1.29 is 19.1 Å². The van der Waals surface area contributed by atoms with E-state index < -0.39 is 11.2 Å². The Bertz CT molecular complexity index is 1240. The second-order valence-corrected chi connectivity index (χ2v) is 21.1. The lowest BCUT2D eigenvalue weighted by Crippen LogP contribution is -2.36. The number of hydrogen-bond acceptors (Lipinski definition) is 5. The first-order valence-corrected chi connectivity index (χ1v) is 22.2. The van der Waals surface area contributed by atoms with Crippen LogP contribution < -0.4 is 0 Å². The number of carbonyl (C=O) groups is 2. The van der Waals surface area contributed by atoms with Gasteiger partial charge in [-0.2, -0.15) is 0 Å². The van der Waals surface area contributed by atoms with Gasteiger partial charge in [-0.05, 0) is 172 Å². The van der Waals surface area contributed by atoms with Gasteiger partial charge in [0.05, 0.1) is 0 Å². The standard InChI is InChI=1S/C50H86O4S/c1-39(2)23-17-25-41(5)27-19-29-43(7)31-21-33-49(15,53-45(9)51)37-35-47(11,12)55-48(13,14)36-38-50(16,54-46(10)52)34-22-32-44(8)30-20-28-42(6)26-18-24-40(3)4/h23-24,27-28,31-32H,17-22,25-26,29-30,33-38H2,1-16H3/t49-,50-/m1/s1. The van der Waals surface area contributed by atoms with Gasteiger partial charge in [-0.3, -0.25) is 9.59 Å². The molecule has 0 N–H and O–H groups in total. The Hall–Kier alpha value is -2.27. The van der Waals surface area contributed by atoms with Gasteiger partial charge in [0.1, 0.15) is 11.2 Å². The van der Waals surface area contributed by atoms with Crippen LogP contribution in [0, 0.1) is 0 Å². The van der Waals surface area contributed by atoms with Crippen LogP contribution in [-0.4, -0.2) is 32.6 Å². The fraction of sp³-hybridized carbons (Fsp3) is 0.720. The molecular weight excluding hydrogens is 697 g/mol. The summed E-state index contributed by atoms with van der Waals surface area (Å²) >= 11 is 1.99. The molecule has 0 amide bonds. The first kappa shape index (κ1) is 52.7. The highest BCUT2D eigenvalue weighted by atomic mass is 32.2. The maximum atomic E-state index is 12.2. The minimum Gasteiger partial charge on any atom is -0.460 e. The third kappa shape index (κ3) is 29.6. The van der Waals surface area contributed by atoms with E-state index in [1.807, 2.05) is 11.8 Å². The zero-order valence-corrected chi connectivity index (χ0v) is 39.6. The molecule has 0 rings (SSSR count). The Morgan fingerprint density at radius 3 is 0.945 bits per heavy atom. The maximum absolute atomic E-state index is 12.2. The smallest absolute Gasteiger partial charge is 0.303 e. The molecule has 0 heterocycles. The summed E-state index contributed by atoms with van der Waals surface area (Å²) in [5.74, 6) is -0.426. The third-order valence-electron chi connectivity index (χ3n) is 10.4. The summed E-state index contributed by atoms with van der Waals surface area (Å²) in [5, 5.41) is 0. The Balaban J connectivity index is 5.24. The number of hydrogen-bond donors (Lipinski definition) is 0. The molecule has 2 atom stereocenters. The van der Waals surface area contributed by atoms with Gasteiger partial charge in [-0.15, -0.1) is 11.8 Å². The Morgan fingerprint density at radius 1 is 0.400 bits per heavy atom. The lowest BCUT2D eigenvalue weighted by Gasteiger charge is -2.39. The van der Waals surface area contributed by atoms with E-state index in [1.54, 1.807) is 0 Å². The van der Waals surface area contributed by atoms with Crippen molar-refractivity contribution in [3.8, 4) is 0 Å². The molecule has 4 nitrogen and oxygen atoms in total. The molecule has 0 bridgehead atoms. The highest BCUT2D eigenvalue weighted by molar-refractivity contribution is 8.01. The molecule has 0 spiro atoms. The minimum absolute atomic E-state index is 0.0252. The van der Waals surface area contributed by atoms with E-state index >= 15 is 0 Å². The van der Waals surface area contributed by atoms with Crippen molar-refractivity contribution in [2.24, 2.45) is 0 Å². The quantitative estimate of drug-likeness (QED) is 0.0584. The molecule has 0 unspecified atom stereocenters. The van der Waals surface area contributed by atoms with Crippen LogP contribution in [0.25, 0.3) is 0 Å². The van der Waals surface area contributed by atoms with Gasteiger partial charge in [0, 0.05) is 23.3 Å². The van der Waals surface area contributed by atoms with Gasteiger partial charge >= 0.3 is 11.9 Å². The summed E-state index contributed by atoms with van der Waals surface area (Å²) in [6.07, 6.45) is 29.7. The molecular formula is C50H86O4S. The van der Waals surface area contributed by atoms with Gasteiger partial charge in [-0.25, -0.2) is 0 Å². The zero-order valence-electron chi connectivity index (χ0n) is 38.8. The summed E-state index contributed by atoms with van der Waals surface area (Å²) in [4.78, 5) is 24.4. The number of rotatable bonds is 28. The molecule has 0 aliphatic heterocycles. The summed E-state index contributed by atoms with van der Waals surface area (Å²) in [6, 6.07) is 0. The molecule has 0 saturated heterocycles. The van der Waals surface area contributed by atoms with Crippen LogP contribution in [0.4, 0.5) is 0 Å². The summed E-state index contributed by atoms with van der Waals surface area (Å²) < 4.78 is 11.9. The molecule has 55 heavy (non-hydrogen) atoms. The van der Waals surface area contributed by atoms with E-state index in [0.29, 0.717) is 0 Å². The summed E-state index contributed by atoms with van der Waals surface area (Å²) in [6.45, 7) is 34.0. The largest absolute Gasteiger partial charge is 0.460 e. The normalized spacial score (nSPS) is 15.6. The van der Waals surface area contributed by atoms with E-state index in [1.165, 1.54) is 47.3 Å². The number of thioether (sulfide) groups is 1. The van der Waals surface area contributed by atoms with Crippen LogP contribution in [0.3, 0.4) is 0 Å². The van der Waals surface area contributed by atoms with Crippen molar-refractivity contribution in [3.05, 3.63) is 69.9 Å². The zero-order chi connectivity index (χ0) is 42.3. The average Bonchev–Trinajstić information content (AvgIpc) is 3.01. The molecule has 0 aromatic carbocycles. The predicted molar refractivity (Wildman–Crippen MR) is 244 cm³/mol. The van der Waals surface area contributed by atoms with Gasteiger partial charge < -0.3 is 9.47 Å². The monoisotopic (exact) mass is 783 g/mol. The van der Waals surface area contributed by atoms with Crippen molar-refractivity contribution >= 4 is 23.7 Å². The summed E-state index contributed by atoms with van der Waals surface area (Å²) in [7, 11) is 0. The van der Waals surface area contributed by atoms with Crippen molar-refractivity contribution in [2.75, 3.05) is 0 Å². The van der Waals surface area contributed by atoms with E-state index in [4.69, 9.17) is 9.47 Å². The molecule has 316 valence electrons. The van der Waals surface area contributed by atoms with Crippen molar-refractivity contribution in [1.82, 2.24) is 0 Å². The van der Waals surface area contributed by atoms with Crippen LogP contribution in [0.5, 0.6) is 0 Å². The second kappa shape index (κ2) is 26.6. The third-order valence-corrected chi connectivity index (χ3v) is 11.9. The molecule has 0 aliphatic carbocycles. The maximum Gasteiger partial charge on any atom is 0.303 e. The van der Waals surface area contributed by atoms with Gasteiger partial charge in [0.15, 0.2) is 0 Å². The highest BCUT2D eigenvalue weighted by Crippen LogP contribution is 2.45. The van der Waals surface area contributed by atoms with Crippen LogP contribution in [0.15, 0.2) is 69.9 Å². The number of esters is 2. The molecule has 5 heteroatoms. The Kier molecular flexibility index (Phi) is 25.5. The van der Waals surface area contributed by atoms with Crippen LogP contribution >= 0.6 is 11.8 Å². The number of carbonyl (C=O) groups excluding carboxylic acids is 2. The first-order chi connectivity index (χ1) is 25.4. The molecule has 0 fully saturated rings. The lowest BCUT2D eigenvalue weighted by atomic mass is 9.89. The van der Waals surface area contributed by atoms with Gasteiger partial charge in [0.25, 0.3) is 0 Å². The van der Waals surface area contributed by atoms with Crippen LogP contribution in [0.1, 0.15) is 214 Å². The summed E-state index contributed by atoms with van der Waals surface area (Å²) in [5.41, 5.74) is 7.47. The fourth-order valence-corrected chi connectivity index (χ4v) is 8.96. The van der Waals surface area contributed by atoms with Crippen LogP contribution in [-0.2, 0) is 19.1 Å².